The second-order valence-corrected chi connectivity index (χ2v) is 9.28. The zero-order chi connectivity index (χ0) is 21.4. The Labute approximate surface area is 202 Å². The van der Waals surface area contributed by atoms with Gasteiger partial charge in [0.2, 0.25) is 0 Å². The number of guanidine groups is 1. The quantitative estimate of drug-likeness (QED) is 0.254. The number of piperidine rings is 1. The van der Waals surface area contributed by atoms with Crippen LogP contribution in [0.1, 0.15) is 18.4 Å². The molecule has 1 fully saturated rings. The average Bonchev–Trinajstić information content (AvgIpc) is 2.75. The topological polar surface area (TPSA) is 71.0 Å². The van der Waals surface area contributed by atoms with E-state index in [9.17, 15) is 8.42 Å². The highest BCUT2D eigenvalue weighted by molar-refractivity contribution is 14.0. The van der Waals surface area contributed by atoms with Gasteiger partial charge in [-0.1, -0.05) is 42.0 Å². The number of hydrogen-bond acceptors (Lipinski definition) is 4. The Morgan fingerprint density at radius 3 is 2.32 bits per heavy atom. The van der Waals surface area contributed by atoms with Gasteiger partial charge in [-0.3, -0.25) is 4.99 Å². The Morgan fingerprint density at radius 1 is 1.10 bits per heavy atom. The molecule has 0 atom stereocenters. The van der Waals surface area contributed by atoms with Crippen LogP contribution in [-0.4, -0.2) is 58.8 Å². The SMILES string of the molecule is CN=C(NCCOc1ccc(S(C)(=O)=O)cc1)N1CCC(=Cc2ccccc2)CC1.I. The van der Waals surface area contributed by atoms with Crippen LogP contribution in [0.3, 0.4) is 0 Å². The summed E-state index contributed by atoms with van der Waals surface area (Å²) in [4.78, 5) is 6.95. The molecule has 31 heavy (non-hydrogen) atoms. The average molecular weight is 555 g/mol. The van der Waals surface area contributed by atoms with Crippen molar-refractivity contribution in [2.75, 3.05) is 39.5 Å². The molecule has 168 valence electrons. The lowest BCUT2D eigenvalue weighted by molar-refractivity contribution is 0.315. The summed E-state index contributed by atoms with van der Waals surface area (Å²) in [6, 6.07) is 16.9. The normalized spacial score (nSPS) is 14.6. The minimum atomic E-state index is -3.19. The van der Waals surface area contributed by atoms with Crippen LogP contribution in [-0.2, 0) is 9.84 Å². The zero-order valence-corrected chi connectivity index (χ0v) is 21.1. The lowest BCUT2D eigenvalue weighted by Gasteiger charge is -2.31. The summed E-state index contributed by atoms with van der Waals surface area (Å²) in [5, 5.41) is 3.35. The number of rotatable bonds is 6. The van der Waals surface area contributed by atoms with E-state index in [1.807, 2.05) is 6.07 Å². The van der Waals surface area contributed by atoms with Crippen LogP contribution in [0.25, 0.3) is 6.08 Å². The van der Waals surface area contributed by atoms with Gasteiger partial charge in [0.1, 0.15) is 12.4 Å². The van der Waals surface area contributed by atoms with Crippen molar-refractivity contribution in [3.63, 3.8) is 0 Å². The van der Waals surface area contributed by atoms with Crippen molar-refractivity contribution in [2.45, 2.75) is 17.7 Å². The highest BCUT2D eigenvalue weighted by Crippen LogP contribution is 2.19. The molecule has 0 radical (unpaired) electrons. The molecular formula is C23H30IN3O3S. The second kappa shape index (κ2) is 12.1. The standard InChI is InChI=1S/C23H29N3O3S.HI/c1-24-23(25-14-17-29-21-8-10-22(11-9-21)30(2,27)28)26-15-12-20(13-16-26)18-19-6-4-3-5-7-19;/h3-11,18H,12-17H2,1-2H3,(H,24,25);1H. The molecule has 1 heterocycles. The number of ether oxygens (including phenoxy) is 1. The molecule has 1 aliphatic rings. The van der Waals surface area contributed by atoms with E-state index in [-0.39, 0.29) is 24.0 Å². The molecule has 1 aliphatic heterocycles. The molecule has 2 aromatic carbocycles. The summed E-state index contributed by atoms with van der Waals surface area (Å²) in [6.45, 7) is 2.95. The molecule has 0 aliphatic carbocycles. The number of nitrogens with one attached hydrogen (secondary N) is 1. The Balaban J connectivity index is 0.00000341. The number of hydrogen-bond donors (Lipinski definition) is 1. The number of nitrogens with zero attached hydrogens (tertiary/aromatic N) is 2. The van der Waals surface area contributed by atoms with Gasteiger partial charge >= 0.3 is 0 Å². The van der Waals surface area contributed by atoms with E-state index >= 15 is 0 Å². The fraction of sp³-hybridized carbons (Fsp3) is 0.348. The molecule has 0 spiro atoms. The van der Waals surface area contributed by atoms with Gasteiger partial charge in [-0.15, -0.1) is 24.0 Å². The predicted molar refractivity (Wildman–Crippen MR) is 137 cm³/mol. The molecule has 6 nitrogen and oxygen atoms in total. The largest absolute Gasteiger partial charge is 0.492 e. The van der Waals surface area contributed by atoms with E-state index in [0.717, 1.165) is 31.9 Å². The summed E-state index contributed by atoms with van der Waals surface area (Å²) < 4.78 is 28.7. The molecule has 2 aromatic rings. The number of sulfone groups is 1. The summed E-state index contributed by atoms with van der Waals surface area (Å²) in [5.74, 6) is 1.53. The van der Waals surface area contributed by atoms with Gasteiger partial charge < -0.3 is 15.0 Å². The third-order valence-corrected chi connectivity index (χ3v) is 6.12. The van der Waals surface area contributed by atoms with Gasteiger partial charge in [-0.05, 0) is 42.7 Å². The molecular weight excluding hydrogens is 525 g/mol. The minimum absolute atomic E-state index is 0. The van der Waals surface area contributed by atoms with Crippen LogP contribution in [0, 0.1) is 0 Å². The molecule has 1 saturated heterocycles. The summed E-state index contributed by atoms with van der Waals surface area (Å²) in [5.41, 5.74) is 2.72. The molecule has 0 aromatic heterocycles. The van der Waals surface area contributed by atoms with Crippen molar-refractivity contribution in [1.29, 1.82) is 0 Å². The Hall–Kier alpha value is -2.07. The van der Waals surface area contributed by atoms with Crippen LogP contribution in [0.5, 0.6) is 5.75 Å². The van der Waals surface area contributed by atoms with Gasteiger partial charge in [0, 0.05) is 26.4 Å². The van der Waals surface area contributed by atoms with Gasteiger partial charge in [0.15, 0.2) is 15.8 Å². The van der Waals surface area contributed by atoms with Gasteiger partial charge in [0.25, 0.3) is 0 Å². The lowest BCUT2D eigenvalue weighted by atomic mass is 10.0. The highest BCUT2D eigenvalue weighted by Gasteiger charge is 2.17. The first kappa shape index (κ1) is 25.2. The van der Waals surface area contributed by atoms with E-state index in [1.54, 1.807) is 31.3 Å². The molecule has 3 rings (SSSR count). The van der Waals surface area contributed by atoms with Crippen molar-refractivity contribution in [3.05, 3.63) is 65.7 Å². The predicted octanol–water partition coefficient (Wildman–Crippen LogP) is 3.84. The number of aliphatic imine (C=N–C) groups is 1. The summed E-state index contributed by atoms with van der Waals surface area (Å²) in [6.07, 6.45) is 5.54. The second-order valence-electron chi connectivity index (χ2n) is 7.27. The van der Waals surface area contributed by atoms with Crippen LogP contribution in [0.15, 0.2) is 70.1 Å². The monoisotopic (exact) mass is 555 g/mol. The molecule has 0 bridgehead atoms. The highest BCUT2D eigenvalue weighted by atomic mass is 127. The number of likely N-dealkylation sites (tertiary alicyclic amines) is 1. The molecule has 0 unspecified atom stereocenters. The maximum absolute atomic E-state index is 11.5. The maximum Gasteiger partial charge on any atom is 0.193 e. The first-order chi connectivity index (χ1) is 14.5. The molecule has 8 heteroatoms. The van der Waals surface area contributed by atoms with Crippen molar-refractivity contribution >= 4 is 45.8 Å². The van der Waals surface area contributed by atoms with Crippen LogP contribution in [0.4, 0.5) is 0 Å². The lowest BCUT2D eigenvalue weighted by Crippen LogP contribution is -2.45. The maximum atomic E-state index is 11.5. The number of halogens is 1. The molecule has 0 saturated carbocycles. The Kier molecular flexibility index (Phi) is 9.83. The van der Waals surface area contributed by atoms with Gasteiger partial charge in [-0.2, -0.15) is 0 Å². The fourth-order valence-electron chi connectivity index (χ4n) is 3.38. The van der Waals surface area contributed by atoms with E-state index in [2.05, 4.69) is 45.6 Å². The first-order valence-corrected chi connectivity index (χ1v) is 12.0. The zero-order valence-electron chi connectivity index (χ0n) is 18.0. The fourth-order valence-corrected chi connectivity index (χ4v) is 4.01. The van der Waals surface area contributed by atoms with Crippen molar-refractivity contribution in [1.82, 2.24) is 10.2 Å². The van der Waals surface area contributed by atoms with E-state index < -0.39 is 9.84 Å². The minimum Gasteiger partial charge on any atom is -0.492 e. The first-order valence-electron chi connectivity index (χ1n) is 10.1. The Morgan fingerprint density at radius 2 is 1.74 bits per heavy atom. The third-order valence-electron chi connectivity index (χ3n) is 4.99. The van der Waals surface area contributed by atoms with Crippen molar-refractivity contribution in [3.8, 4) is 5.75 Å². The van der Waals surface area contributed by atoms with Gasteiger partial charge in [-0.25, -0.2) is 8.42 Å². The number of benzene rings is 2. The smallest absolute Gasteiger partial charge is 0.193 e. The van der Waals surface area contributed by atoms with Crippen LogP contribution >= 0.6 is 24.0 Å². The molecule has 1 N–H and O–H groups in total. The van der Waals surface area contributed by atoms with E-state index in [1.165, 1.54) is 17.4 Å². The Bertz CT molecular complexity index is 980. The van der Waals surface area contributed by atoms with Gasteiger partial charge in [0.05, 0.1) is 11.4 Å². The van der Waals surface area contributed by atoms with E-state index in [0.29, 0.717) is 23.8 Å². The van der Waals surface area contributed by atoms with Crippen molar-refractivity contribution in [2.24, 2.45) is 4.99 Å². The molecule has 0 amide bonds. The third kappa shape index (κ3) is 7.84. The summed E-state index contributed by atoms with van der Waals surface area (Å²) in [7, 11) is -1.39. The van der Waals surface area contributed by atoms with Crippen molar-refractivity contribution < 1.29 is 13.2 Å². The van der Waals surface area contributed by atoms with E-state index in [4.69, 9.17) is 4.74 Å². The summed E-state index contributed by atoms with van der Waals surface area (Å²) >= 11 is 0. The van der Waals surface area contributed by atoms with Crippen LogP contribution in [0.2, 0.25) is 0 Å². The van der Waals surface area contributed by atoms with Crippen LogP contribution < -0.4 is 10.1 Å².